The number of piperidine rings is 1. The van der Waals surface area contributed by atoms with Crippen molar-refractivity contribution >= 4 is 23.2 Å². The highest BCUT2D eigenvalue weighted by Gasteiger charge is 2.49. The van der Waals surface area contributed by atoms with Crippen LogP contribution in [0.1, 0.15) is 35.2 Å². The molecule has 0 bridgehead atoms. The van der Waals surface area contributed by atoms with Crippen molar-refractivity contribution in [3.8, 4) is 0 Å². The van der Waals surface area contributed by atoms with Gasteiger partial charge in [0, 0.05) is 44.0 Å². The number of amides is 2. The number of likely N-dealkylation sites (tertiary alicyclic amines) is 2. The number of aromatic nitrogens is 1. The molecule has 2 saturated heterocycles. The van der Waals surface area contributed by atoms with Crippen LogP contribution < -0.4 is 0 Å². The number of pyridine rings is 1. The van der Waals surface area contributed by atoms with Crippen LogP contribution in [0.15, 0.2) is 41.4 Å². The lowest BCUT2D eigenvalue weighted by Crippen LogP contribution is -2.50. The van der Waals surface area contributed by atoms with Gasteiger partial charge in [-0.15, -0.1) is 0 Å². The molecule has 6 heteroatoms. The average Bonchev–Trinajstić information content (AvgIpc) is 3.31. The smallest absolute Gasteiger partial charge is 0.254 e. The van der Waals surface area contributed by atoms with Gasteiger partial charge in [0.25, 0.3) is 5.91 Å². The van der Waals surface area contributed by atoms with Crippen LogP contribution in [-0.2, 0) is 11.3 Å². The molecule has 5 nitrogen and oxygen atoms in total. The number of hydrogen-bond acceptors (Lipinski definition) is 4. The lowest BCUT2D eigenvalue weighted by molar-refractivity contribution is -0.146. The molecule has 2 aliphatic heterocycles. The third-order valence-electron chi connectivity index (χ3n) is 5.33. The van der Waals surface area contributed by atoms with Gasteiger partial charge < -0.3 is 9.80 Å². The molecule has 1 spiro atoms. The van der Waals surface area contributed by atoms with Crippen LogP contribution in [0.25, 0.3) is 0 Å². The number of hydrogen-bond donors (Lipinski definition) is 0. The first kappa shape index (κ1) is 16.3. The maximum Gasteiger partial charge on any atom is 0.254 e. The number of rotatable bonds is 3. The summed E-state index contributed by atoms with van der Waals surface area (Å²) in [7, 11) is 0. The van der Waals surface area contributed by atoms with E-state index < -0.39 is 5.41 Å². The molecule has 4 heterocycles. The van der Waals surface area contributed by atoms with Gasteiger partial charge in [-0.1, -0.05) is 6.07 Å². The molecule has 2 amide bonds. The van der Waals surface area contributed by atoms with E-state index in [0.717, 1.165) is 36.9 Å². The zero-order chi connectivity index (χ0) is 17.3. The number of thiophene rings is 1. The second-order valence-electron chi connectivity index (χ2n) is 6.96. The summed E-state index contributed by atoms with van der Waals surface area (Å²) in [6.45, 7) is 2.60. The van der Waals surface area contributed by atoms with E-state index in [1.807, 2.05) is 45.0 Å². The molecule has 4 rings (SSSR count). The Morgan fingerprint density at radius 1 is 1.28 bits per heavy atom. The Morgan fingerprint density at radius 3 is 2.96 bits per heavy atom. The largest absolute Gasteiger partial charge is 0.338 e. The van der Waals surface area contributed by atoms with Crippen molar-refractivity contribution in [3.63, 3.8) is 0 Å². The minimum absolute atomic E-state index is 0.0512. The molecule has 0 aromatic carbocycles. The van der Waals surface area contributed by atoms with E-state index >= 15 is 0 Å². The number of carbonyl (C=O) groups is 2. The van der Waals surface area contributed by atoms with Gasteiger partial charge in [-0.3, -0.25) is 14.6 Å². The fraction of sp³-hybridized carbons (Fsp3) is 0.421. The summed E-state index contributed by atoms with van der Waals surface area (Å²) in [5, 5.41) is 3.80. The first-order chi connectivity index (χ1) is 12.2. The van der Waals surface area contributed by atoms with Crippen LogP contribution in [0.3, 0.4) is 0 Å². The first-order valence-corrected chi connectivity index (χ1v) is 9.62. The normalized spacial score (nSPS) is 23.4. The molecule has 130 valence electrons. The Balaban J connectivity index is 1.48. The summed E-state index contributed by atoms with van der Waals surface area (Å²) in [6, 6.07) is 5.76. The van der Waals surface area contributed by atoms with Gasteiger partial charge in [0.2, 0.25) is 5.91 Å². The van der Waals surface area contributed by atoms with Crippen molar-refractivity contribution < 1.29 is 9.59 Å². The summed E-state index contributed by atoms with van der Waals surface area (Å²) >= 11 is 1.53. The molecule has 0 aliphatic carbocycles. The van der Waals surface area contributed by atoms with E-state index in [0.29, 0.717) is 19.6 Å². The minimum Gasteiger partial charge on any atom is -0.338 e. The van der Waals surface area contributed by atoms with Gasteiger partial charge in [0.15, 0.2) is 0 Å². The standard InChI is InChI=1S/C19H21N3O2S/c23-17(16-4-10-25-13-16)22-9-6-19(14-22)5-2-8-21(18(19)24)12-15-3-1-7-20-11-15/h1,3-4,7,10-11,13H,2,5-6,8-9,12,14H2/t19-/m0/s1. The van der Waals surface area contributed by atoms with Crippen LogP contribution >= 0.6 is 11.3 Å². The summed E-state index contributed by atoms with van der Waals surface area (Å²) in [5.74, 6) is 0.249. The van der Waals surface area contributed by atoms with Gasteiger partial charge in [-0.05, 0) is 42.3 Å². The highest BCUT2D eigenvalue weighted by Crippen LogP contribution is 2.41. The predicted octanol–water partition coefficient (Wildman–Crippen LogP) is 2.80. The summed E-state index contributed by atoms with van der Waals surface area (Å²) in [5.41, 5.74) is 1.39. The first-order valence-electron chi connectivity index (χ1n) is 8.68. The molecule has 0 unspecified atom stereocenters. The fourth-order valence-electron chi connectivity index (χ4n) is 4.01. The van der Waals surface area contributed by atoms with Crippen molar-refractivity contribution in [2.45, 2.75) is 25.8 Å². The molecular formula is C19H21N3O2S. The lowest BCUT2D eigenvalue weighted by Gasteiger charge is -2.39. The maximum absolute atomic E-state index is 13.2. The van der Waals surface area contributed by atoms with Crippen LogP contribution in [0, 0.1) is 5.41 Å². The Hall–Kier alpha value is -2.21. The second-order valence-corrected chi connectivity index (χ2v) is 7.74. The molecule has 2 aromatic rings. The van der Waals surface area contributed by atoms with E-state index in [2.05, 4.69) is 4.98 Å². The number of nitrogens with zero attached hydrogens (tertiary/aromatic N) is 3. The monoisotopic (exact) mass is 355 g/mol. The molecule has 0 N–H and O–H groups in total. The minimum atomic E-state index is -0.397. The summed E-state index contributed by atoms with van der Waals surface area (Å²) < 4.78 is 0. The lowest BCUT2D eigenvalue weighted by atomic mass is 9.78. The fourth-order valence-corrected chi connectivity index (χ4v) is 4.64. The maximum atomic E-state index is 13.2. The van der Waals surface area contributed by atoms with E-state index in [4.69, 9.17) is 0 Å². The topological polar surface area (TPSA) is 53.5 Å². The SMILES string of the molecule is O=C(c1ccsc1)N1CC[C@@]2(CCCN(Cc3cccnc3)C2=O)C1. The quantitative estimate of drug-likeness (QED) is 0.851. The Kier molecular flexibility index (Phi) is 4.29. The van der Waals surface area contributed by atoms with E-state index in [-0.39, 0.29) is 11.8 Å². The summed E-state index contributed by atoms with van der Waals surface area (Å²) in [4.78, 5) is 33.7. The Morgan fingerprint density at radius 2 is 2.20 bits per heavy atom. The van der Waals surface area contributed by atoms with Crippen molar-refractivity contribution in [1.82, 2.24) is 14.8 Å². The summed E-state index contributed by atoms with van der Waals surface area (Å²) in [6.07, 6.45) is 6.20. The highest BCUT2D eigenvalue weighted by atomic mass is 32.1. The van der Waals surface area contributed by atoms with Gasteiger partial charge in [-0.25, -0.2) is 0 Å². The predicted molar refractivity (Wildman–Crippen MR) is 96.2 cm³/mol. The molecule has 2 aliphatic rings. The van der Waals surface area contributed by atoms with Crippen molar-refractivity contribution in [2.24, 2.45) is 5.41 Å². The zero-order valence-electron chi connectivity index (χ0n) is 14.1. The van der Waals surface area contributed by atoms with Crippen molar-refractivity contribution in [2.75, 3.05) is 19.6 Å². The Bertz CT molecular complexity index is 762. The molecule has 0 radical (unpaired) electrons. The van der Waals surface area contributed by atoms with E-state index in [1.54, 1.807) is 6.20 Å². The Labute approximate surface area is 151 Å². The van der Waals surface area contributed by atoms with Crippen LogP contribution in [0.2, 0.25) is 0 Å². The molecule has 2 aromatic heterocycles. The molecule has 25 heavy (non-hydrogen) atoms. The third-order valence-corrected chi connectivity index (χ3v) is 6.01. The van der Waals surface area contributed by atoms with Gasteiger partial charge in [0.05, 0.1) is 11.0 Å². The molecule has 2 fully saturated rings. The second kappa shape index (κ2) is 6.59. The highest BCUT2D eigenvalue weighted by molar-refractivity contribution is 7.08. The van der Waals surface area contributed by atoms with Crippen LogP contribution in [0.4, 0.5) is 0 Å². The van der Waals surface area contributed by atoms with E-state index in [1.165, 1.54) is 11.3 Å². The van der Waals surface area contributed by atoms with Gasteiger partial charge in [-0.2, -0.15) is 11.3 Å². The molecule has 0 saturated carbocycles. The van der Waals surface area contributed by atoms with E-state index in [9.17, 15) is 9.59 Å². The van der Waals surface area contributed by atoms with Gasteiger partial charge in [0.1, 0.15) is 0 Å². The van der Waals surface area contributed by atoms with Gasteiger partial charge >= 0.3 is 0 Å². The molecular weight excluding hydrogens is 334 g/mol. The van der Waals surface area contributed by atoms with Crippen molar-refractivity contribution in [1.29, 1.82) is 0 Å². The molecule has 1 atom stereocenters. The zero-order valence-corrected chi connectivity index (χ0v) is 14.9. The average molecular weight is 355 g/mol. The van der Waals surface area contributed by atoms with Crippen LogP contribution in [-0.4, -0.2) is 46.2 Å². The third kappa shape index (κ3) is 3.06. The number of carbonyl (C=O) groups excluding carboxylic acids is 2. The van der Waals surface area contributed by atoms with Crippen molar-refractivity contribution in [3.05, 3.63) is 52.5 Å². The van der Waals surface area contributed by atoms with Crippen LogP contribution in [0.5, 0.6) is 0 Å².